The van der Waals surface area contributed by atoms with Crippen molar-refractivity contribution in [3.63, 3.8) is 0 Å². The van der Waals surface area contributed by atoms with Crippen LogP contribution in [0.2, 0.25) is 0 Å². The van der Waals surface area contributed by atoms with Crippen LogP contribution in [0.1, 0.15) is 5.89 Å². The van der Waals surface area contributed by atoms with Gasteiger partial charge in [0.2, 0.25) is 11.7 Å². The highest BCUT2D eigenvalue weighted by Crippen LogP contribution is 2.21. The molecule has 0 spiro atoms. The molecule has 30 heavy (non-hydrogen) atoms. The second kappa shape index (κ2) is 8.34. The Bertz CT molecular complexity index is 1260. The molecule has 0 amide bonds. The number of hydrogen-bond donors (Lipinski definition) is 0. The van der Waals surface area contributed by atoms with Crippen LogP contribution in [0.3, 0.4) is 0 Å². The summed E-state index contributed by atoms with van der Waals surface area (Å²) in [5.74, 6) is -0.0442. The van der Waals surface area contributed by atoms with Gasteiger partial charge in [0, 0.05) is 17.7 Å². The molecule has 0 bridgehead atoms. The molecule has 12 heteroatoms. The molecule has 12 nitrogen and oxygen atoms in total. The molecule has 0 aliphatic carbocycles. The molecule has 1 aromatic carbocycles. The van der Waals surface area contributed by atoms with Crippen LogP contribution in [0.5, 0.6) is 0 Å². The van der Waals surface area contributed by atoms with Crippen LogP contribution in [0, 0.1) is 10.1 Å². The van der Waals surface area contributed by atoms with E-state index in [9.17, 15) is 24.5 Å². The van der Waals surface area contributed by atoms with E-state index in [4.69, 9.17) is 4.52 Å². The van der Waals surface area contributed by atoms with E-state index < -0.39 is 28.5 Å². The summed E-state index contributed by atoms with van der Waals surface area (Å²) in [5.41, 5.74) is -2.34. The van der Waals surface area contributed by atoms with Gasteiger partial charge in [-0.1, -0.05) is 29.4 Å². The Morgan fingerprint density at radius 3 is 2.20 bits per heavy atom. The first-order valence-corrected chi connectivity index (χ1v) is 8.61. The van der Waals surface area contributed by atoms with Crippen molar-refractivity contribution in [1.82, 2.24) is 23.8 Å². The molecule has 0 N–H and O–H groups in total. The highest BCUT2D eigenvalue weighted by atomic mass is 16.6. The van der Waals surface area contributed by atoms with Crippen molar-refractivity contribution in [2.75, 3.05) is 0 Å². The lowest BCUT2D eigenvalue weighted by Gasteiger charge is -2.10. The van der Waals surface area contributed by atoms with Gasteiger partial charge in [0.1, 0.15) is 6.54 Å². The standard InChI is InChI=1S/C18H16N6O6/c1-3-8-21-16(25)22(9-4-2)18(27)23(17(21)26)11-14-19-15(20-30-14)12-6-5-7-13(10-12)24(28)29/h3-7,10H,1-2,8-9,11H2. The summed E-state index contributed by atoms with van der Waals surface area (Å²) in [6, 6.07) is 5.60. The molecule has 154 valence electrons. The summed E-state index contributed by atoms with van der Waals surface area (Å²) in [6.07, 6.45) is 2.70. The van der Waals surface area contributed by atoms with Crippen molar-refractivity contribution in [3.05, 3.63) is 97.0 Å². The topological polar surface area (TPSA) is 148 Å². The lowest BCUT2D eigenvalue weighted by Crippen LogP contribution is -2.54. The average molecular weight is 412 g/mol. The zero-order valence-electron chi connectivity index (χ0n) is 15.6. The summed E-state index contributed by atoms with van der Waals surface area (Å²) in [7, 11) is 0. The number of hydrogen-bond acceptors (Lipinski definition) is 8. The molecule has 0 saturated heterocycles. The molecule has 0 fully saturated rings. The Kier molecular flexibility index (Phi) is 5.67. The second-order valence-electron chi connectivity index (χ2n) is 6.05. The van der Waals surface area contributed by atoms with Crippen LogP contribution in [-0.4, -0.2) is 28.8 Å². The predicted molar refractivity (Wildman–Crippen MR) is 105 cm³/mol. The Hall–Kier alpha value is -4.35. The lowest BCUT2D eigenvalue weighted by atomic mass is 10.2. The molecule has 0 atom stereocenters. The maximum atomic E-state index is 12.6. The van der Waals surface area contributed by atoms with Crippen LogP contribution < -0.4 is 17.1 Å². The van der Waals surface area contributed by atoms with E-state index in [-0.39, 0.29) is 30.5 Å². The van der Waals surface area contributed by atoms with Gasteiger partial charge in [0.05, 0.1) is 18.0 Å². The fraction of sp³-hybridized carbons (Fsp3) is 0.167. The maximum Gasteiger partial charge on any atom is 0.337 e. The third-order valence-electron chi connectivity index (χ3n) is 4.09. The first kappa shape index (κ1) is 20.4. The van der Waals surface area contributed by atoms with E-state index in [1.807, 2.05) is 0 Å². The van der Waals surface area contributed by atoms with Crippen molar-refractivity contribution in [2.24, 2.45) is 0 Å². The minimum Gasteiger partial charge on any atom is -0.337 e. The van der Waals surface area contributed by atoms with E-state index in [1.54, 1.807) is 6.07 Å². The fourth-order valence-electron chi connectivity index (χ4n) is 2.72. The van der Waals surface area contributed by atoms with E-state index in [0.717, 1.165) is 13.7 Å². The quantitative estimate of drug-likeness (QED) is 0.296. The first-order chi connectivity index (χ1) is 14.4. The number of aromatic nitrogens is 5. The smallest absolute Gasteiger partial charge is 0.337 e. The first-order valence-electron chi connectivity index (χ1n) is 8.61. The number of benzene rings is 1. The van der Waals surface area contributed by atoms with Crippen molar-refractivity contribution in [2.45, 2.75) is 19.6 Å². The second-order valence-corrected chi connectivity index (χ2v) is 6.05. The molecule has 0 aliphatic rings. The number of non-ortho nitro benzene ring substituents is 1. The van der Waals surface area contributed by atoms with E-state index in [0.29, 0.717) is 5.56 Å². The largest absolute Gasteiger partial charge is 0.337 e. The zero-order chi connectivity index (χ0) is 21.8. The summed E-state index contributed by atoms with van der Waals surface area (Å²) in [6.45, 7) is 6.41. The van der Waals surface area contributed by atoms with Crippen LogP contribution >= 0.6 is 0 Å². The van der Waals surface area contributed by atoms with Crippen molar-refractivity contribution >= 4 is 5.69 Å². The third kappa shape index (κ3) is 3.78. The monoisotopic (exact) mass is 412 g/mol. The van der Waals surface area contributed by atoms with Gasteiger partial charge in [0.15, 0.2) is 0 Å². The van der Waals surface area contributed by atoms with Crippen LogP contribution in [0.25, 0.3) is 11.4 Å². The molecule has 0 radical (unpaired) electrons. The minimum atomic E-state index is -0.861. The van der Waals surface area contributed by atoms with Gasteiger partial charge in [-0.15, -0.1) is 13.2 Å². The van der Waals surface area contributed by atoms with E-state index in [1.165, 1.54) is 30.4 Å². The normalized spacial score (nSPS) is 10.7. The molecule has 0 aliphatic heterocycles. The molecule has 3 aromatic rings. The summed E-state index contributed by atoms with van der Waals surface area (Å²) < 4.78 is 7.56. The van der Waals surface area contributed by atoms with Crippen LogP contribution in [0.4, 0.5) is 5.69 Å². The van der Waals surface area contributed by atoms with Crippen molar-refractivity contribution in [1.29, 1.82) is 0 Å². The molecular weight excluding hydrogens is 396 g/mol. The Morgan fingerprint density at radius 2 is 1.63 bits per heavy atom. The SMILES string of the molecule is C=CCn1c(=O)n(CC=C)c(=O)n(Cc2nc(-c3cccc([N+](=O)[O-])c3)no2)c1=O. The van der Waals surface area contributed by atoms with Gasteiger partial charge < -0.3 is 4.52 Å². The van der Waals surface area contributed by atoms with Gasteiger partial charge in [-0.05, 0) is 0 Å². The Morgan fingerprint density at radius 1 is 1.03 bits per heavy atom. The molecule has 0 unspecified atom stereocenters. The number of nitro groups is 1. The zero-order valence-corrected chi connectivity index (χ0v) is 15.6. The highest BCUT2D eigenvalue weighted by molar-refractivity contribution is 5.58. The van der Waals surface area contributed by atoms with Crippen molar-refractivity contribution in [3.8, 4) is 11.4 Å². The predicted octanol–water partition coefficient (Wildman–Crippen LogP) is 0.550. The molecule has 2 aromatic heterocycles. The molecule has 3 rings (SSSR count). The van der Waals surface area contributed by atoms with Crippen LogP contribution in [-0.2, 0) is 19.6 Å². The van der Waals surface area contributed by atoms with Gasteiger partial charge in [-0.25, -0.2) is 28.1 Å². The van der Waals surface area contributed by atoms with Gasteiger partial charge in [0.25, 0.3) is 5.69 Å². The van der Waals surface area contributed by atoms with Crippen LogP contribution in [0.15, 0.2) is 68.5 Å². The number of rotatable bonds is 8. The number of nitrogens with zero attached hydrogens (tertiary/aromatic N) is 6. The summed E-state index contributed by atoms with van der Waals surface area (Å²) in [4.78, 5) is 52.1. The molecular formula is C18H16N6O6. The highest BCUT2D eigenvalue weighted by Gasteiger charge is 2.18. The summed E-state index contributed by atoms with van der Waals surface area (Å²) in [5, 5.41) is 14.7. The van der Waals surface area contributed by atoms with Gasteiger partial charge >= 0.3 is 17.1 Å². The molecule has 2 heterocycles. The minimum absolute atomic E-state index is 0.0487. The Balaban J connectivity index is 2.04. The summed E-state index contributed by atoms with van der Waals surface area (Å²) >= 11 is 0. The van der Waals surface area contributed by atoms with E-state index >= 15 is 0 Å². The fourth-order valence-corrected chi connectivity index (χ4v) is 2.72. The maximum absolute atomic E-state index is 12.6. The third-order valence-corrected chi connectivity index (χ3v) is 4.09. The number of nitro benzene ring substituents is 1. The Labute approximate surface area is 167 Å². The molecule has 0 saturated carbocycles. The van der Waals surface area contributed by atoms with Gasteiger partial charge in [-0.3, -0.25) is 10.1 Å². The number of allylic oxidation sites excluding steroid dienone is 2. The van der Waals surface area contributed by atoms with Gasteiger partial charge in [-0.2, -0.15) is 4.98 Å². The average Bonchev–Trinajstić information content (AvgIpc) is 3.20. The lowest BCUT2D eigenvalue weighted by molar-refractivity contribution is -0.384. The van der Waals surface area contributed by atoms with Crippen molar-refractivity contribution < 1.29 is 9.45 Å². The van der Waals surface area contributed by atoms with E-state index in [2.05, 4.69) is 23.3 Å².